The van der Waals surface area contributed by atoms with Crippen LogP contribution in [0, 0.1) is 11.8 Å². The molecule has 4 unspecified atom stereocenters. The first-order valence-corrected chi connectivity index (χ1v) is 35.4. The minimum atomic E-state index is -0.397. The zero-order chi connectivity index (χ0) is 53.5. The van der Waals surface area contributed by atoms with E-state index < -0.39 is 11.6 Å². The van der Waals surface area contributed by atoms with Crippen molar-refractivity contribution in [1.82, 2.24) is 0 Å². The number of rotatable bonds is 62. The molecule has 2 heterocycles. The molecule has 0 amide bonds. The van der Waals surface area contributed by atoms with Gasteiger partial charge in [-0.3, -0.25) is 0 Å². The second kappa shape index (κ2) is 54.0. The summed E-state index contributed by atoms with van der Waals surface area (Å²) in [6.07, 6.45) is 89.7. The molecule has 0 aromatic rings. The largest absolute Gasteiger partial charge is 0.349 e. The Morgan fingerprint density at radius 1 is 0.280 bits per heavy atom. The summed E-state index contributed by atoms with van der Waals surface area (Å²) >= 11 is 0. The van der Waals surface area contributed by atoms with Crippen LogP contribution in [0.2, 0.25) is 0 Å². The van der Waals surface area contributed by atoms with Gasteiger partial charge in [0.15, 0.2) is 11.6 Å². The van der Waals surface area contributed by atoms with Crippen LogP contribution in [-0.2, 0) is 14.2 Å². The maximum atomic E-state index is 7.12. The quantitative estimate of drug-likeness (QED) is 0.0449. The van der Waals surface area contributed by atoms with Gasteiger partial charge in [-0.15, -0.1) is 0 Å². The fraction of sp³-hybridized carbons (Fsp3) is 0.944. The molecule has 2 rings (SSSR count). The molecule has 3 heteroatoms. The van der Waals surface area contributed by atoms with E-state index in [1.165, 1.54) is 347 Å². The third kappa shape index (κ3) is 42.9. The molecule has 2 aliphatic rings. The van der Waals surface area contributed by atoms with Crippen molar-refractivity contribution in [1.29, 1.82) is 0 Å². The van der Waals surface area contributed by atoms with Crippen molar-refractivity contribution in [2.24, 2.45) is 11.8 Å². The fourth-order valence-corrected chi connectivity index (χ4v) is 12.7. The normalized spacial score (nSPS) is 18.6. The molecule has 444 valence electrons. The number of hydrogen-bond acceptors (Lipinski definition) is 3. The predicted molar refractivity (Wildman–Crippen MR) is 334 cm³/mol. The first-order chi connectivity index (χ1) is 37.1. The SMILES string of the molecule is CCCCCCCC/C=C\CCCCCCCCC(CCCCCCCCCCC)CCCC1(OC2(CCCC(CCCCCCCC/C=C\CCCCCCCC)CCCCCCCCCCC)CCO2)CCO1. The Hall–Kier alpha value is -0.640. The number of hydrogen-bond donors (Lipinski definition) is 0. The summed E-state index contributed by atoms with van der Waals surface area (Å²) in [4.78, 5) is 0. The molecule has 2 fully saturated rings. The van der Waals surface area contributed by atoms with Gasteiger partial charge in [0.2, 0.25) is 0 Å². The molecule has 2 aliphatic heterocycles. The minimum absolute atomic E-state index is 0.397. The van der Waals surface area contributed by atoms with E-state index in [9.17, 15) is 0 Å². The van der Waals surface area contributed by atoms with Gasteiger partial charge in [-0.05, 0) is 76.0 Å². The number of unbranched alkanes of at least 4 members (excludes halogenated alkanes) is 40. The predicted octanol–water partition coefficient (Wildman–Crippen LogP) is 25.5. The van der Waals surface area contributed by atoms with Crippen molar-refractivity contribution in [3.05, 3.63) is 24.3 Å². The van der Waals surface area contributed by atoms with Gasteiger partial charge in [0.25, 0.3) is 0 Å². The highest BCUT2D eigenvalue weighted by atomic mass is 16.8. The Balaban J connectivity index is 1.78. The molecule has 75 heavy (non-hydrogen) atoms. The van der Waals surface area contributed by atoms with Crippen LogP contribution in [0.1, 0.15) is 400 Å². The standard InChI is InChI=1S/C72H138O3/c1-5-9-13-17-21-25-27-29-31-33-35-37-41-45-49-53-59-69(57-51-47-43-39-23-19-15-11-7-3)61-55-63-71(65-67-73-71)75-72(66-68-74-72)64-56-62-70(58-52-48-44-40-24-20-16-12-8-4)60-54-50-46-42-38-36-34-32-30-28-26-22-18-14-10-6-2/h29-32,69-70H,5-28,33-68H2,1-4H3/b31-29-,32-30-. The summed E-state index contributed by atoms with van der Waals surface area (Å²) in [7, 11) is 0. The van der Waals surface area contributed by atoms with Crippen LogP contribution in [0.15, 0.2) is 24.3 Å². The molecule has 0 spiro atoms. The molecule has 0 aromatic carbocycles. The van der Waals surface area contributed by atoms with E-state index in [0.29, 0.717) is 0 Å². The van der Waals surface area contributed by atoms with Gasteiger partial charge in [0, 0.05) is 25.7 Å². The number of allylic oxidation sites excluding steroid dienone is 4. The van der Waals surface area contributed by atoms with Crippen molar-refractivity contribution >= 4 is 0 Å². The molecule has 0 N–H and O–H groups in total. The van der Waals surface area contributed by atoms with Gasteiger partial charge in [-0.25, -0.2) is 0 Å². The highest BCUT2D eigenvalue weighted by molar-refractivity contribution is 4.87. The van der Waals surface area contributed by atoms with Gasteiger partial charge >= 0.3 is 0 Å². The highest BCUT2D eigenvalue weighted by Gasteiger charge is 2.50. The molecular formula is C72H138O3. The molecule has 0 aliphatic carbocycles. The Morgan fingerprint density at radius 3 is 0.693 bits per heavy atom. The maximum absolute atomic E-state index is 7.12. The highest BCUT2D eigenvalue weighted by Crippen LogP contribution is 2.45. The molecule has 0 bridgehead atoms. The van der Waals surface area contributed by atoms with Gasteiger partial charge < -0.3 is 14.2 Å². The van der Waals surface area contributed by atoms with Gasteiger partial charge in [0.1, 0.15) is 0 Å². The third-order valence-corrected chi connectivity index (χ3v) is 18.1. The van der Waals surface area contributed by atoms with Crippen molar-refractivity contribution < 1.29 is 14.2 Å². The fourth-order valence-electron chi connectivity index (χ4n) is 12.7. The first-order valence-electron chi connectivity index (χ1n) is 35.4. The van der Waals surface area contributed by atoms with Crippen molar-refractivity contribution in [2.75, 3.05) is 13.2 Å². The summed E-state index contributed by atoms with van der Waals surface area (Å²) in [6, 6.07) is 0. The van der Waals surface area contributed by atoms with E-state index in [4.69, 9.17) is 14.2 Å². The average Bonchev–Trinajstić information content (AvgIpc) is 3.39. The Labute approximate surface area is 473 Å². The van der Waals surface area contributed by atoms with Crippen LogP contribution in [-0.4, -0.2) is 24.8 Å². The molecule has 4 atom stereocenters. The zero-order valence-corrected chi connectivity index (χ0v) is 52.1. The van der Waals surface area contributed by atoms with E-state index in [1.54, 1.807) is 0 Å². The van der Waals surface area contributed by atoms with E-state index in [-0.39, 0.29) is 0 Å². The van der Waals surface area contributed by atoms with Crippen LogP contribution in [0.25, 0.3) is 0 Å². The van der Waals surface area contributed by atoms with Crippen molar-refractivity contribution in [3.63, 3.8) is 0 Å². The molecule has 2 saturated heterocycles. The third-order valence-electron chi connectivity index (χ3n) is 18.1. The maximum Gasteiger partial charge on any atom is 0.173 e. The van der Waals surface area contributed by atoms with Gasteiger partial charge in [0.05, 0.1) is 13.2 Å². The summed E-state index contributed by atoms with van der Waals surface area (Å²) < 4.78 is 20.0. The summed E-state index contributed by atoms with van der Waals surface area (Å²) in [5.41, 5.74) is 0. The summed E-state index contributed by atoms with van der Waals surface area (Å²) in [5.74, 6) is 0.941. The molecular weight excluding hydrogens is 913 g/mol. The van der Waals surface area contributed by atoms with E-state index in [2.05, 4.69) is 52.0 Å². The van der Waals surface area contributed by atoms with E-state index >= 15 is 0 Å². The van der Waals surface area contributed by atoms with Crippen LogP contribution < -0.4 is 0 Å². The lowest BCUT2D eigenvalue weighted by Crippen LogP contribution is -2.57. The Morgan fingerprint density at radius 2 is 0.480 bits per heavy atom. The van der Waals surface area contributed by atoms with Gasteiger partial charge in [-0.1, -0.05) is 335 Å². The van der Waals surface area contributed by atoms with Crippen LogP contribution in [0.4, 0.5) is 0 Å². The smallest absolute Gasteiger partial charge is 0.173 e. The van der Waals surface area contributed by atoms with Crippen molar-refractivity contribution in [2.45, 2.75) is 412 Å². The van der Waals surface area contributed by atoms with E-state index in [1.807, 2.05) is 0 Å². The topological polar surface area (TPSA) is 27.7 Å². The van der Waals surface area contributed by atoms with Crippen LogP contribution in [0.3, 0.4) is 0 Å². The Bertz CT molecular complexity index is 1090. The lowest BCUT2D eigenvalue weighted by molar-refractivity contribution is -0.432. The minimum Gasteiger partial charge on any atom is -0.349 e. The number of ether oxygens (including phenoxy) is 3. The molecule has 0 aromatic heterocycles. The van der Waals surface area contributed by atoms with Crippen LogP contribution in [0.5, 0.6) is 0 Å². The summed E-state index contributed by atoms with van der Waals surface area (Å²) in [6.45, 7) is 11.0. The molecule has 3 nitrogen and oxygen atoms in total. The molecule has 0 saturated carbocycles. The van der Waals surface area contributed by atoms with Crippen molar-refractivity contribution in [3.8, 4) is 0 Å². The first kappa shape index (κ1) is 70.5. The zero-order valence-electron chi connectivity index (χ0n) is 52.1. The lowest BCUT2D eigenvalue weighted by Gasteiger charge is -2.52. The Kier molecular flexibility index (Phi) is 50.7. The second-order valence-electron chi connectivity index (χ2n) is 25.3. The monoisotopic (exact) mass is 1050 g/mol. The summed E-state index contributed by atoms with van der Waals surface area (Å²) in [5, 5.41) is 0. The van der Waals surface area contributed by atoms with Gasteiger partial charge in [-0.2, -0.15) is 0 Å². The second-order valence-corrected chi connectivity index (χ2v) is 25.3. The lowest BCUT2D eigenvalue weighted by atomic mass is 9.87. The average molecular weight is 1050 g/mol. The molecule has 0 radical (unpaired) electrons. The van der Waals surface area contributed by atoms with E-state index in [0.717, 1.165) is 50.7 Å². The van der Waals surface area contributed by atoms with Crippen LogP contribution >= 0.6 is 0 Å².